The van der Waals surface area contributed by atoms with E-state index in [0.29, 0.717) is 13.0 Å². The van der Waals surface area contributed by atoms with Crippen molar-refractivity contribution in [2.24, 2.45) is 5.41 Å². The summed E-state index contributed by atoms with van der Waals surface area (Å²) in [6, 6.07) is 6.55. The highest BCUT2D eigenvalue weighted by Gasteiger charge is 2.37. The van der Waals surface area contributed by atoms with E-state index >= 15 is 0 Å². The third-order valence-corrected chi connectivity index (χ3v) is 8.90. The van der Waals surface area contributed by atoms with E-state index < -0.39 is 0 Å². The van der Waals surface area contributed by atoms with Gasteiger partial charge in [0.1, 0.15) is 6.54 Å². The number of aryl methyl sites for hydroxylation is 1. The van der Waals surface area contributed by atoms with Gasteiger partial charge in [-0.1, -0.05) is 31.7 Å². The fraction of sp³-hybridized carbons (Fsp3) is 0.538. The summed E-state index contributed by atoms with van der Waals surface area (Å²) in [6.45, 7) is 13.0. The van der Waals surface area contributed by atoms with Crippen molar-refractivity contribution in [3.8, 4) is 0 Å². The maximum Gasteiger partial charge on any atom is 0.325 e. The van der Waals surface area contributed by atoms with E-state index in [9.17, 15) is 9.59 Å². The van der Waals surface area contributed by atoms with Gasteiger partial charge < -0.3 is 9.30 Å². The van der Waals surface area contributed by atoms with Crippen molar-refractivity contribution < 1.29 is 14.3 Å². The van der Waals surface area contributed by atoms with Crippen molar-refractivity contribution in [1.29, 1.82) is 0 Å². The summed E-state index contributed by atoms with van der Waals surface area (Å²) in [5, 5.41) is 0. The van der Waals surface area contributed by atoms with Gasteiger partial charge in [0.05, 0.1) is 12.2 Å². The smallest absolute Gasteiger partial charge is 0.325 e. The molecule has 0 saturated carbocycles. The van der Waals surface area contributed by atoms with Gasteiger partial charge in [0, 0.05) is 45.6 Å². The molecule has 7 heteroatoms. The van der Waals surface area contributed by atoms with Crippen molar-refractivity contribution in [1.82, 2.24) is 8.87 Å². The maximum atomic E-state index is 13.4. The molecule has 0 radical (unpaired) electrons. The van der Waals surface area contributed by atoms with Gasteiger partial charge in [-0.3, -0.25) is 9.59 Å². The van der Waals surface area contributed by atoms with Gasteiger partial charge in [-0.15, -0.1) is 0 Å². The second kappa shape index (κ2) is 9.88. The first-order valence-electron chi connectivity index (χ1n) is 11.8. The number of ether oxygens (including phenoxy) is 1. The molecule has 33 heavy (non-hydrogen) atoms. The molecule has 2 heterocycles. The van der Waals surface area contributed by atoms with Gasteiger partial charge >= 0.3 is 5.97 Å². The molecule has 1 fully saturated rings. The highest BCUT2D eigenvalue weighted by molar-refractivity contribution is 8.01. The number of hydrogen-bond acceptors (Lipinski definition) is 6. The van der Waals surface area contributed by atoms with Crippen LogP contribution in [0.15, 0.2) is 32.9 Å². The number of Topliss-reactive ketones (excluding diaryl/α,β-unsaturated/α-hetero) is 1. The number of nitrogens with zero attached hydrogens (tertiary/aromatic N) is 2. The fourth-order valence-corrected chi connectivity index (χ4v) is 7.22. The van der Waals surface area contributed by atoms with E-state index in [-0.39, 0.29) is 23.7 Å². The number of carbonyl (C=O) groups is 2. The highest BCUT2D eigenvalue weighted by Crippen LogP contribution is 2.46. The summed E-state index contributed by atoms with van der Waals surface area (Å²) in [4.78, 5) is 29.1. The lowest BCUT2D eigenvalue weighted by Crippen LogP contribution is -2.29. The molecule has 1 aliphatic carbocycles. The zero-order chi connectivity index (χ0) is 23.8. The van der Waals surface area contributed by atoms with Crippen LogP contribution in [-0.4, -0.2) is 40.3 Å². The Morgan fingerprint density at radius 2 is 1.85 bits per heavy atom. The third kappa shape index (κ3) is 5.36. The van der Waals surface area contributed by atoms with E-state index in [0.717, 1.165) is 46.3 Å². The van der Waals surface area contributed by atoms with E-state index in [1.54, 1.807) is 11.8 Å². The van der Waals surface area contributed by atoms with Gasteiger partial charge in [-0.05, 0) is 75.1 Å². The minimum atomic E-state index is -0.258. The second-order valence-corrected chi connectivity index (χ2v) is 12.0. The molecule has 0 atom stereocenters. The van der Waals surface area contributed by atoms with Gasteiger partial charge in [0.2, 0.25) is 0 Å². The summed E-state index contributed by atoms with van der Waals surface area (Å²) in [5.41, 5.74) is 3.87. The van der Waals surface area contributed by atoms with Crippen molar-refractivity contribution in [3.05, 3.63) is 40.7 Å². The predicted octanol–water partition coefficient (Wildman–Crippen LogP) is 6.08. The summed E-state index contributed by atoms with van der Waals surface area (Å²) < 4.78 is 9.70. The van der Waals surface area contributed by atoms with Gasteiger partial charge in [0.25, 0.3) is 0 Å². The Kier molecular flexibility index (Phi) is 7.32. The fourth-order valence-electron chi connectivity index (χ4n) is 4.76. The molecule has 0 spiro atoms. The summed E-state index contributed by atoms with van der Waals surface area (Å²) in [7, 11) is 0. The number of fused-ring (bicyclic) bond motifs is 1. The van der Waals surface area contributed by atoms with Crippen LogP contribution in [0.1, 0.15) is 67.3 Å². The molecule has 1 saturated heterocycles. The molecule has 4 rings (SSSR count). The van der Waals surface area contributed by atoms with Crippen LogP contribution in [0.5, 0.6) is 0 Å². The maximum absolute atomic E-state index is 13.4. The topological polar surface area (TPSA) is 51.5 Å². The SMILES string of the molecule is CCOC(=O)Cn1c(C)c(Sc2ccc(C)cc2SN2CCCC2)c2c1CC(C)(C)CC2=O. The molecular formula is C26H34N2O3S2. The van der Waals surface area contributed by atoms with Crippen LogP contribution in [0.25, 0.3) is 0 Å². The minimum Gasteiger partial charge on any atom is -0.465 e. The zero-order valence-electron chi connectivity index (χ0n) is 20.3. The van der Waals surface area contributed by atoms with E-state index in [1.807, 2.05) is 30.4 Å². The van der Waals surface area contributed by atoms with E-state index in [4.69, 9.17) is 4.74 Å². The Morgan fingerprint density at radius 1 is 1.12 bits per heavy atom. The molecule has 5 nitrogen and oxygen atoms in total. The number of carbonyl (C=O) groups excluding carboxylic acids is 2. The average molecular weight is 487 g/mol. The van der Waals surface area contributed by atoms with E-state index in [1.165, 1.54) is 23.3 Å². The Bertz CT molecular complexity index is 1070. The van der Waals surface area contributed by atoms with Crippen molar-refractivity contribution in [2.45, 2.75) is 81.5 Å². The van der Waals surface area contributed by atoms with Crippen molar-refractivity contribution in [3.63, 3.8) is 0 Å². The third-order valence-electron chi connectivity index (χ3n) is 6.34. The molecule has 1 aliphatic heterocycles. The normalized spacial score (nSPS) is 17.9. The standard InChI is InChI=1S/C26H34N2O3S2/c1-6-31-23(30)16-28-18(3)25(24-19(28)14-26(4,5)15-20(24)29)32-21-10-9-17(2)13-22(21)33-27-11-7-8-12-27/h9-10,13H,6-8,11-12,14-16H2,1-5H3. The summed E-state index contributed by atoms with van der Waals surface area (Å²) >= 11 is 3.50. The van der Waals surface area contributed by atoms with Crippen LogP contribution in [-0.2, 0) is 22.5 Å². The summed E-state index contributed by atoms with van der Waals surface area (Å²) in [6.07, 6.45) is 3.79. The van der Waals surface area contributed by atoms with Crippen molar-refractivity contribution in [2.75, 3.05) is 19.7 Å². The lowest BCUT2D eigenvalue weighted by molar-refractivity contribution is -0.143. The lowest BCUT2D eigenvalue weighted by Gasteiger charge is -2.30. The zero-order valence-corrected chi connectivity index (χ0v) is 22.0. The average Bonchev–Trinajstić information content (AvgIpc) is 3.32. The van der Waals surface area contributed by atoms with Crippen LogP contribution < -0.4 is 0 Å². The van der Waals surface area contributed by atoms with Gasteiger partial charge in [0.15, 0.2) is 5.78 Å². The lowest BCUT2D eigenvalue weighted by atomic mass is 9.76. The molecule has 1 aromatic carbocycles. The number of rotatable bonds is 7. The number of ketones is 1. The molecule has 178 valence electrons. The molecule has 1 aromatic heterocycles. The van der Waals surface area contributed by atoms with Crippen LogP contribution in [0.2, 0.25) is 0 Å². The number of aromatic nitrogens is 1. The van der Waals surface area contributed by atoms with Gasteiger partial charge in [-0.25, -0.2) is 4.31 Å². The predicted molar refractivity (Wildman–Crippen MR) is 134 cm³/mol. The first-order valence-corrected chi connectivity index (χ1v) is 13.4. The Labute approximate surface area is 205 Å². The molecular weight excluding hydrogens is 452 g/mol. The number of hydrogen-bond donors (Lipinski definition) is 0. The summed E-state index contributed by atoms with van der Waals surface area (Å²) in [5.74, 6) is -0.0818. The minimum absolute atomic E-state index is 0.121. The number of esters is 1. The largest absolute Gasteiger partial charge is 0.465 e. The van der Waals surface area contributed by atoms with Crippen LogP contribution in [0.3, 0.4) is 0 Å². The first-order chi connectivity index (χ1) is 15.7. The second-order valence-electron chi connectivity index (χ2n) is 9.85. The van der Waals surface area contributed by atoms with Crippen LogP contribution in [0.4, 0.5) is 0 Å². The van der Waals surface area contributed by atoms with Gasteiger partial charge in [-0.2, -0.15) is 0 Å². The molecule has 0 N–H and O–H groups in total. The quantitative estimate of drug-likeness (QED) is 0.349. The molecule has 2 aliphatic rings. The number of benzene rings is 1. The Hall–Kier alpha value is -1.70. The monoisotopic (exact) mass is 486 g/mol. The Morgan fingerprint density at radius 3 is 2.55 bits per heavy atom. The first kappa shape index (κ1) is 24.4. The van der Waals surface area contributed by atoms with E-state index in [2.05, 4.69) is 43.3 Å². The molecule has 0 bridgehead atoms. The van der Waals surface area contributed by atoms with Crippen LogP contribution in [0, 0.1) is 19.3 Å². The molecule has 0 unspecified atom stereocenters. The van der Waals surface area contributed by atoms with Crippen molar-refractivity contribution >= 4 is 35.5 Å². The molecule has 0 amide bonds. The highest BCUT2D eigenvalue weighted by atomic mass is 32.2. The van der Waals surface area contributed by atoms with Crippen LogP contribution >= 0.6 is 23.7 Å². The Balaban J connectivity index is 1.75. The molecule has 2 aromatic rings.